The SMILES string of the molecule is C/C=C/CCN=C(NCC)NC(C)c1ccc(F)c(F)c1.I. The van der Waals surface area contributed by atoms with Crippen LogP contribution >= 0.6 is 24.0 Å². The molecular weight excluding hydrogens is 399 g/mol. The van der Waals surface area contributed by atoms with E-state index in [0.717, 1.165) is 19.0 Å². The molecule has 0 aromatic heterocycles. The van der Waals surface area contributed by atoms with Gasteiger partial charge in [0, 0.05) is 13.1 Å². The number of hydrogen-bond acceptors (Lipinski definition) is 1. The van der Waals surface area contributed by atoms with Gasteiger partial charge in [0.2, 0.25) is 0 Å². The van der Waals surface area contributed by atoms with Gasteiger partial charge in [0.15, 0.2) is 17.6 Å². The third-order valence-electron chi connectivity index (χ3n) is 2.94. The van der Waals surface area contributed by atoms with Crippen LogP contribution in [0.5, 0.6) is 0 Å². The van der Waals surface area contributed by atoms with Gasteiger partial charge in [0.05, 0.1) is 6.04 Å². The van der Waals surface area contributed by atoms with Crippen molar-refractivity contribution in [1.29, 1.82) is 0 Å². The molecule has 0 bridgehead atoms. The van der Waals surface area contributed by atoms with Gasteiger partial charge in [-0.05, 0) is 44.9 Å². The van der Waals surface area contributed by atoms with Crippen LogP contribution in [0.4, 0.5) is 8.78 Å². The molecule has 1 rings (SSSR count). The van der Waals surface area contributed by atoms with E-state index in [9.17, 15) is 8.78 Å². The monoisotopic (exact) mass is 423 g/mol. The van der Waals surface area contributed by atoms with E-state index < -0.39 is 11.6 Å². The largest absolute Gasteiger partial charge is 0.357 e. The van der Waals surface area contributed by atoms with Crippen LogP contribution in [0.2, 0.25) is 0 Å². The summed E-state index contributed by atoms with van der Waals surface area (Å²) in [6, 6.07) is 3.74. The molecule has 124 valence electrons. The van der Waals surface area contributed by atoms with E-state index in [1.54, 1.807) is 6.07 Å². The second-order valence-corrected chi connectivity index (χ2v) is 4.66. The van der Waals surface area contributed by atoms with Crippen molar-refractivity contribution in [3.05, 3.63) is 47.5 Å². The van der Waals surface area contributed by atoms with Gasteiger partial charge in [-0.3, -0.25) is 4.99 Å². The van der Waals surface area contributed by atoms with Crippen molar-refractivity contribution in [2.45, 2.75) is 33.2 Å². The van der Waals surface area contributed by atoms with Gasteiger partial charge in [0.1, 0.15) is 0 Å². The molecule has 1 atom stereocenters. The fraction of sp³-hybridized carbons (Fsp3) is 0.438. The van der Waals surface area contributed by atoms with E-state index in [0.29, 0.717) is 18.1 Å². The zero-order chi connectivity index (χ0) is 15.7. The lowest BCUT2D eigenvalue weighted by Gasteiger charge is -2.18. The predicted octanol–water partition coefficient (Wildman–Crippen LogP) is 4.17. The zero-order valence-corrected chi connectivity index (χ0v) is 15.5. The Hall–Kier alpha value is -1.18. The lowest BCUT2D eigenvalue weighted by Crippen LogP contribution is -2.38. The second-order valence-electron chi connectivity index (χ2n) is 4.66. The molecule has 0 aliphatic heterocycles. The lowest BCUT2D eigenvalue weighted by molar-refractivity contribution is 0.504. The van der Waals surface area contributed by atoms with E-state index in [2.05, 4.69) is 15.6 Å². The first-order chi connectivity index (χ1) is 10.1. The molecule has 0 radical (unpaired) electrons. The summed E-state index contributed by atoms with van der Waals surface area (Å²) in [4.78, 5) is 4.43. The van der Waals surface area contributed by atoms with Gasteiger partial charge in [-0.1, -0.05) is 18.2 Å². The zero-order valence-electron chi connectivity index (χ0n) is 13.2. The summed E-state index contributed by atoms with van der Waals surface area (Å²) in [5.41, 5.74) is 0.674. The molecule has 2 N–H and O–H groups in total. The van der Waals surface area contributed by atoms with E-state index in [-0.39, 0.29) is 30.0 Å². The van der Waals surface area contributed by atoms with Gasteiger partial charge < -0.3 is 10.6 Å². The van der Waals surface area contributed by atoms with Crippen molar-refractivity contribution >= 4 is 29.9 Å². The average Bonchev–Trinajstić information content (AvgIpc) is 2.46. The molecule has 0 heterocycles. The number of benzene rings is 1. The molecule has 0 aliphatic rings. The van der Waals surface area contributed by atoms with E-state index in [4.69, 9.17) is 0 Å². The topological polar surface area (TPSA) is 36.4 Å². The van der Waals surface area contributed by atoms with Crippen LogP contribution in [-0.2, 0) is 0 Å². The molecule has 3 nitrogen and oxygen atoms in total. The summed E-state index contributed by atoms with van der Waals surface area (Å²) >= 11 is 0. The second kappa shape index (κ2) is 11.4. The minimum atomic E-state index is -0.837. The molecular formula is C16H24F2IN3. The third kappa shape index (κ3) is 7.20. The van der Waals surface area contributed by atoms with Crippen LogP contribution in [0.3, 0.4) is 0 Å². The molecule has 0 aliphatic carbocycles. The Bertz CT molecular complexity index is 504. The fourth-order valence-corrected chi connectivity index (χ4v) is 1.81. The maximum Gasteiger partial charge on any atom is 0.191 e. The summed E-state index contributed by atoms with van der Waals surface area (Å²) in [5.74, 6) is -1.01. The Labute approximate surface area is 148 Å². The highest BCUT2D eigenvalue weighted by Gasteiger charge is 2.10. The number of nitrogens with zero attached hydrogens (tertiary/aromatic N) is 1. The lowest BCUT2D eigenvalue weighted by atomic mass is 10.1. The normalized spacial score (nSPS) is 12.9. The highest BCUT2D eigenvalue weighted by molar-refractivity contribution is 14.0. The Morgan fingerprint density at radius 3 is 2.64 bits per heavy atom. The van der Waals surface area contributed by atoms with Crippen LogP contribution in [-0.4, -0.2) is 19.0 Å². The fourth-order valence-electron chi connectivity index (χ4n) is 1.81. The maximum absolute atomic E-state index is 13.3. The minimum absolute atomic E-state index is 0. The van der Waals surface area contributed by atoms with Gasteiger partial charge >= 0.3 is 0 Å². The highest BCUT2D eigenvalue weighted by Crippen LogP contribution is 2.15. The highest BCUT2D eigenvalue weighted by atomic mass is 127. The third-order valence-corrected chi connectivity index (χ3v) is 2.94. The molecule has 0 saturated carbocycles. The molecule has 1 aromatic rings. The Morgan fingerprint density at radius 1 is 1.32 bits per heavy atom. The standard InChI is InChI=1S/C16H23F2N3.HI/c1-4-6-7-10-20-16(19-5-2)21-12(3)13-8-9-14(17)15(18)11-13;/h4,6,8-9,11-12H,5,7,10H2,1-3H3,(H2,19,20,21);1H/b6-4+;. The van der Waals surface area contributed by atoms with E-state index in [1.807, 2.05) is 32.9 Å². The molecule has 0 spiro atoms. The van der Waals surface area contributed by atoms with Crippen molar-refractivity contribution in [3.8, 4) is 0 Å². The van der Waals surface area contributed by atoms with E-state index in [1.165, 1.54) is 6.07 Å². The Kier molecular flexibility index (Phi) is 10.8. The van der Waals surface area contributed by atoms with Gasteiger partial charge in [0.25, 0.3) is 0 Å². The quantitative estimate of drug-likeness (QED) is 0.237. The van der Waals surface area contributed by atoms with Gasteiger partial charge in [-0.2, -0.15) is 0 Å². The number of rotatable bonds is 6. The number of aliphatic imine (C=N–C) groups is 1. The number of hydrogen-bond donors (Lipinski definition) is 2. The Balaban J connectivity index is 0.00000441. The Morgan fingerprint density at radius 2 is 2.05 bits per heavy atom. The van der Waals surface area contributed by atoms with Crippen LogP contribution in [0.15, 0.2) is 35.3 Å². The molecule has 1 unspecified atom stereocenters. The summed E-state index contributed by atoms with van der Waals surface area (Å²) in [5, 5.41) is 6.32. The number of halogens is 3. The van der Waals surface area contributed by atoms with Crippen molar-refractivity contribution in [1.82, 2.24) is 10.6 Å². The van der Waals surface area contributed by atoms with Crippen LogP contribution in [0.1, 0.15) is 38.8 Å². The van der Waals surface area contributed by atoms with Crippen molar-refractivity contribution in [2.24, 2.45) is 4.99 Å². The average molecular weight is 423 g/mol. The van der Waals surface area contributed by atoms with Crippen molar-refractivity contribution < 1.29 is 8.78 Å². The molecule has 0 fully saturated rings. The van der Waals surface area contributed by atoms with Crippen molar-refractivity contribution in [3.63, 3.8) is 0 Å². The number of guanidine groups is 1. The predicted molar refractivity (Wildman–Crippen MR) is 98.7 cm³/mol. The molecule has 6 heteroatoms. The minimum Gasteiger partial charge on any atom is -0.357 e. The summed E-state index contributed by atoms with van der Waals surface area (Å²) in [7, 11) is 0. The summed E-state index contributed by atoms with van der Waals surface area (Å²) in [6.07, 6.45) is 4.90. The van der Waals surface area contributed by atoms with Crippen LogP contribution in [0, 0.1) is 11.6 Å². The first-order valence-electron chi connectivity index (χ1n) is 7.19. The first kappa shape index (κ1) is 20.8. The maximum atomic E-state index is 13.3. The number of nitrogens with one attached hydrogen (secondary N) is 2. The number of allylic oxidation sites excluding steroid dienone is 1. The van der Waals surface area contributed by atoms with Gasteiger partial charge in [-0.25, -0.2) is 8.78 Å². The van der Waals surface area contributed by atoms with Crippen molar-refractivity contribution in [2.75, 3.05) is 13.1 Å². The molecule has 0 amide bonds. The summed E-state index contributed by atoms with van der Waals surface area (Å²) < 4.78 is 26.2. The molecule has 22 heavy (non-hydrogen) atoms. The van der Waals surface area contributed by atoms with Crippen LogP contribution < -0.4 is 10.6 Å². The van der Waals surface area contributed by atoms with E-state index >= 15 is 0 Å². The first-order valence-corrected chi connectivity index (χ1v) is 7.19. The smallest absolute Gasteiger partial charge is 0.191 e. The molecule has 0 saturated heterocycles. The van der Waals surface area contributed by atoms with Gasteiger partial charge in [-0.15, -0.1) is 24.0 Å². The summed E-state index contributed by atoms with van der Waals surface area (Å²) in [6.45, 7) is 7.24. The van der Waals surface area contributed by atoms with Crippen LogP contribution in [0.25, 0.3) is 0 Å². The molecule has 1 aromatic carbocycles.